The molecule has 0 aliphatic carbocycles. The quantitative estimate of drug-likeness (QED) is 0.0261. The van der Waals surface area contributed by atoms with E-state index in [0.29, 0.717) is 25.7 Å². The van der Waals surface area contributed by atoms with E-state index in [4.69, 9.17) is 14.2 Å². The molecule has 80 heavy (non-hydrogen) atoms. The van der Waals surface area contributed by atoms with Crippen molar-refractivity contribution in [1.82, 2.24) is 0 Å². The van der Waals surface area contributed by atoms with Crippen LogP contribution in [0.1, 0.15) is 258 Å². The van der Waals surface area contributed by atoms with Gasteiger partial charge in [0.2, 0.25) is 0 Å². The lowest BCUT2D eigenvalue weighted by atomic mass is 10.1. The Bertz CT molecular complexity index is 1840. The standard InChI is InChI=1S/C74H116O6/c1-4-7-10-13-16-19-22-24-26-28-30-31-32-33-34-35-36-37-38-39-40-41-42-43-45-46-48-50-52-55-58-61-64-67-73(76)79-70-71(69-78-72(75)66-63-60-57-54-21-18-15-12-9-6-3)80-74(77)68-65-62-59-56-53-51-49-47-44-29-27-25-23-20-17-14-11-8-5-2/h7-8,10-11,16-17,19-20,24-27,30-31,33-34,36-37,39-40,42-44,46-48,52,55,71H,4-6,9,12-15,18,21-23,28-29,32,35,38,41,45,49-51,53-54,56-70H2,1-3H3/b10-7-,11-8-,19-16-,20-17-,26-24-,27-25-,31-30-,34-33-,37-36-,40-39-,43-42-,47-44-,48-46-,55-52-. The number of ether oxygens (including phenoxy) is 3. The minimum absolute atomic E-state index is 0.103. The molecule has 0 saturated carbocycles. The highest BCUT2D eigenvalue weighted by Crippen LogP contribution is 2.14. The molecule has 0 amide bonds. The molecule has 0 fully saturated rings. The van der Waals surface area contributed by atoms with Crippen LogP contribution < -0.4 is 0 Å². The van der Waals surface area contributed by atoms with Crippen LogP contribution in [0.25, 0.3) is 0 Å². The summed E-state index contributed by atoms with van der Waals surface area (Å²) in [6, 6.07) is 0. The Morgan fingerprint density at radius 2 is 0.487 bits per heavy atom. The molecule has 0 radical (unpaired) electrons. The maximum atomic E-state index is 12.9. The summed E-state index contributed by atoms with van der Waals surface area (Å²) in [7, 11) is 0. The summed E-state index contributed by atoms with van der Waals surface area (Å²) in [5, 5.41) is 0. The number of allylic oxidation sites excluding steroid dienone is 28. The van der Waals surface area contributed by atoms with Gasteiger partial charge in [-0.15, -0.1) is 0 Å². The van der Waals surface area contributed by atoms with Gasteiger partial charge in [0.1, 0.15) is 13.2 Å². The molecule has 0 spiro atoms. The summed E-state index contributed by atoms with van der Waals surface area (Å²) in [5.41, 5.74) is 0. The van der Waals surface area contributed by atoms with Crippen LogP contribution in [0.4, 0.5) is 0 Å². The van der Waals surface area contributed by atoms with Crippen molar-refractivity contribution >= 4 is 17.9 Å². The molecule has 0 aliphatic rings. The third-order valence-corrected chi connectivity index (χ3v) is 13.0. The molecule has 0 aromatic heterocycles. The Balaban J connectivity index is 4.38. The van der Waals surface area contributed by atoms with Crippen LogP contribution in [0, 0.1) is 0 Å². The second kappa shape index (κ2) is 66.3. The molecule has 0 aromatic carbocycles. The highest BCUT2D eigenvalue weighted by molar-refractivity contribution is 5.71. The van der Waals surface area contributed by atoms with Gasteiger partial charge in [0.15, 0.2) is 6.10 Å². The normalized spacial score (nSPS) is 13.3. The SMILES string of the molecule is CC/C=C\C/C=C\C/C=C\C/C=C\C/C=C\C/C=C\C/C=C\C/C=C\C/C=C\C/C=C\CCCCC(=O)OCC(COC(=O)CCCCCCCCCCCC)OC(=O)CCCCCCCC/C=C\C/C=C\C/C=C\C/C=C\CC. The van der Waals surface area contributed by atoms with Crippen molar-refractivity contribution in [1.29, 1.82) is 0 Å². The smallest absolute Gasteiger partial charge is 0.306 e. The molecule has 448 valence electrons. The Kier molecular flexibility index (Phi) is 61.9. The van der Waals surface area contributed by atoms with Gasteiger partial charge in [-0.25, -0.2) is 0 Å². The topological polar surface area (TPSA) is 78.9 Å². The van der Waals surface area contributed by atoms with Crippen LogP contribution in [0.2, 0.25) is 0 Å². The maximum absolute atomic E-state index is 12.9. The van der Waals surface area contributed by atoms with E-state index in [1.165, 1.54) is 57.8 Å². The second-order valence-electron chi connectivity index (χ2n) is 20.6. The third kappa shape index (κ3) is 63.6. The summed E-state index contributed by atoms with van der Waals surface area (Å²) in [4.78, 5) is 38.2. The second-order valence-corrected chi connectivity index (χ2v) is 20.6. The zero-order chi connectivity index (χ0) is 57.8. The van der Waals surface area contributed by atoms with Crippen LogP contribution in [-0.2, 0) is 28.6 Å². The van der Waals surface area contributed by atoms with Crippen LogP contribution in [-0.4, -0.2) is 37.2 Å². The van der Waals surface area contributed by atoms with Crippen LogP contribution >= 0.6 is 0 Å². The lowest BCUT2D eigenvalue weighted by molar-refractivity contribution is -0.167. The first kappa shape index (κ1) is 74.8. The van der Waals surface area contributed by atoms with Crippen molar-refractivity contribution in [2.24, 2.45) is 0 Å². The van der Waals surface area contributed by atoms with E-state index >= 15 is 0 Å². The molecular formula is C74H116O6. The van der Waals surface area contributed by atoms with E-state index in [-0.39, 0.29) is 31.1 Å². The number of rotatable bonds is 56. The zero-order valence-electron chi connectivity index (χ0n) is 51.3. The molecule has 0 saturated heterocycles. The zero-order valence-corrected chi connectivity index (χ0v) is 51.3. The van der Waals surface area contributed by atoms with Crippen molar-refractivity contribution in [2.45, 2.75) is 264 Å². The molecule has 0 aliphatic heterocycles. The Labute approximate surface area is 492 Å². The van der Waals surface area contributed by atoms with Crippen molar-refractivity contribution in [3.8, 4) is 0 Å². The van der Waals surface area contributed by atoms with Crippen molar-refractivity contribution in [3.05, 3.63) is 170 Å². The molecule has 0 aromatic rings. The van der Waals surface area contributed by atoms with Gasteiger partial charge in [-0.3, -0.25) is 14.4 Å². The molecule has 0 rings (SSSR count). The van der Waals surface area contributed by atoms with Gasteiger partial charge in [-0.2, -0.15) is 0 Å². The average Bonchev–Trinajstić information content (AvgIpc) is 3.46. The fraction of sp³-hybridized carbons (Fsp3) is 0.581. The highest BCUT2D eigenvalue weighted by Gasteiger charge is 2.19. The largest absolute Gasteiger partial charge is 0.462 e. The minimum Gasteiger partial charge on any atom is -0.462 e. The number of esters is 3. The number of carbonyl (C=O) groups is 3. The van der Waals surface area contributed by atoms with E-state index in [0.717, 1.165) is 154 Å². The lowest BCUT2D eigenvalue weighted by Gasteiger charge is -2.18. The average molecular weight is 1100 g/mol. The Morgan fingerprint density at radius 3 is 0.787 bits per heavy atom. The van der Waals surface area contributed by atoms with Crippen LogP contribution in [0.3, 0.4) is 0 Å². The summed E-state index contributed by atoms with van der Waals surface area (Å²) in [6.45, 7) is 6.34. The number of unbranched alkanes of at least 4 members (excludes halogenated alkanes) is 17. The lowest BCUT2D eigenvalue weighted by Crippen LogP contribution is -2.30. The number of hydrogen-bond donors (Lipinski definition) is 0. The molecule has 6 heteroatoms. The molecule has 0 bridgehead atoms. The van der Waals surface area contributed by atoms with Crippen LogP contribution in [0.5, 0.6) is 0 Å². The molecule has 0 heterocycles. The first-order valence-electron chi connectivity index (χ1n) is 32.1. The van der Waals surface area contributed by atoms with E-state index in [1.54, 1.807) is 0 Å². The van der Waals surface area contributed by atoms with Gasteiger partial charge < -0.3 is 14.2 Å². The molecular weight excluding hydrogens is 985 g/mol. The van der Waals surface area contributed by atoms with E-state index in [2.05, 4.69) is 191 Å². The molecule has 6 nitrogen and oxygen atoms in total. The highest BCUT2D eigenvalue weighted by atomic mass is 16.6. The van der Waals surface area contributed by atoms with Crippen molar-refractivity contribution < 1.29 is 28.6 Å². The van der Waals surface area contributed by atoms with Gasteiger partial charge in [0, 0.05) is 19.3 Å². The first-order valence-corrected chi connectivity index (χ1v) is 32.1. The Hall–Kier alpha value is -5.23. The number of hydrogen-bond acceptors (Lipinski definition) is 6. The number of carbonyl (C=O) groups excluding carboxylic acids is 3. The van der Waals surface area contributed by atoms with Gasteiger partial charge in [-0.1, -0.05) is 274 Å². The fourth-order valence-electron chi connectivity index (χ4n) is 8.23. The van der Waals surface area contributed by atoms with Crippen molar-refractivity contribution in [3.63, 3.8) is 0 Å². The molecule has 1 unspecified atom stereocenters. The third-order valence-electron chi connectivity index (χ3n) is 13.0. The monoisotopic (exact) mass is 1100 g/mol. The van der Waals surface area contributed by atoms with Crippen molar-refractivity contribution in [2.75, 3.05) is 13.2 Å². The minimum atomic E-state index is -0.811. The summed E-state index contributed by atoms with van der Waals surface area (Å²) < 4.78 is 16.8. The predicted octanol–water partition coefficient (Wildman–Crippen LogP) is 22.3. The summed E-state index contributed by atoms with van der Waals surface area (Å²) >= 11 is 0. The van der Waals surface area contributed by atoms with Gasteiger partial charge in [0.25, 0.3) is 0 Å². The van der Waals surface area contributed by atoms with Crippen LogP contribution in [0.15, 0.2) is 170 Å². The maximum Gasteiger partial charge on any atom is 0.306 e. The fourth-order valence-corrected chi connectivity index (χ4v) is 8.23. The van der Waals surface area contributed by atoms with E-state index < -0.39 is 6.10 Å². The summed E-state index contributed by atoms with van der Waals surface area (Å²) in [6.07, 6.45) is 97.9. The first-order chi connectivity index (χ1) is 39.5. The molecule has 0 N–H and O–H groups in total. The summed E-state index contributed by atoms with van der Waals surface area (Å²) in [5.74, 6) is -0.970. The van der Waals surface area contributed by atoms with E-state index in [1.807, 2.05) is 0 Å². The van der Waals surface area contributed by atoms with Gasteiger partial charge in [0.05, 0.1) is 0 Å². The van der Waals surface area contributed by atoms with E-state index in [9.17, 15) is 14.4 Å². The molecule has 1 atom stereocenters. The van der Waals surface area contributed by atoms with Gasteiger partial charge >= 0.3 is 17.9 Å². The predicted molar refractivity (Wildman–Crippen MR) is 348 cm³/mol. The van der Waals surface area contributed by atoms with Gasteiger partial charge in [-0.05, 0) is 135 Å². The Morgan fingerprint density at radius 1 is 0.263 bits per heavy atom.